The van der Waals surface area contributed by atoms with Gasteiger partial charge in [-0.2, -0.15) is 0 Å². The van der Waals surface area contributed by atoms with Crippen LogP contribution >= 0.6 is 11.3 Å². The van der Waals surface area contributed by atoms with Crippen LogP contribution in [-0.4, -0.2) is 54.3 Å². The van der Waals surface area contributed by atoms with E-state index in [-0.39, 0.29) is 0 Å². The third-order valence-electron chi connectivity index (χ3n) is 3.38. The van der Waals surface area contributed by atoms with Gasteiger partial charge in [-0.3, -0.25) is 9.69 Å². The molecule has 0 atom stereocenters. The summed E-state index contributed by atoms with van der Waals surface area (Å²) in [6, 6.07) is 0.648. The molecule has 1 saturated heterocycles. The molecule has 2 rings (SSSR count). The predicted octanol–water partition coefficient (Wildman–Crippen LogP) is 1.48. The molecule has 1 aromatic heterocycles. The molecule has 0 radical (unpaired) electrons. The van der Waals surface area contributed by atoms with Crippen LogP contribution in [0.1, 0.15) is 27.5 Å². The highest BCUT2D eigenvalue weighted by Gasteiger charge is 2.21. The summed E-state index contributed by atoms with van der Waals surface area (Å²) in [4.78, 5) is 20.3. The Bertz CT molecular complexity index is 372. The molecule has 17 heavy (non-hydrogen) atoms. The van der Waals surface area contributed by atoms with Crippen LogP contribution < -0.4 is 0 Å². The van der Waals surface area contributed by atoms with E-state index in [0.29, 0.717) is 6.04 Å². The summed E-state index contributed by atoms with van der Waals surface area (Å²) < 4.78 is 0. The van der Waals surface area contributed by atoms with Gasteiger partial charge in [-0.1, -0.05) is 0 Å². The van der Waals surface area contributed by atoms with Crippen molar-refractivity contribution in [1.29, 1.82) is 0 Å². The lowest BCUT2D eigenvalue weighted by molar-refractivity contribution is 0.112. The maximum absolute atomic E-state index is 10.6. The first-order valence-electron chi connectivity index (χ1n) is 5.97. The highest BCUT2D eigenvalue weighted by Crippen LogP contribution is 2.18. The maximum Gasteiger partial charge on any atom is 0.161 e. The lowest BCUT2D eigenvalue weighted by atomic mass is 10.0. The number of carbonyl (C=O) groups is 1. The minimum atomic E-state index is 0.648. The fraction of sp³-hybridized carbons (Fsp3) is 0.667. The van der Waals surface area contributed by atoms with Gasteiger partial charge in [0.15, 0.2) is 6.29 Å². The molecule has 5 heteroatoms. The molecule has 0 aromatic carbocycles. The number of aldehydes is 1. The Hall–Kier alpha value is -0.780. The molecule has 0 spiro atoms. The zero-order valence-electron chi connectivity index (χ0n) is 10.4. The Balaban J connectivity index is 1.87. The standard InChI is InChI=1S/C12H19N3OS/c1-14-5-3-10(4-6-14)15(2)8-12-13-7-11(9-16)17-12/h7,9-10H,3-6,8H2,1-2H3. The molecule has 0 saturated carbocycles. The summed E-state index contributed by atoms with van der Waals surface area (Å²) >= 11 is 1.49. The number of aromatic nitrogens is 1. The Morgan fingerprint density at radius 1 is 1.59 bits per heavy atom. The summed E-state index contributed by atoms with van der Waals surface area (Å²) in [5.41, 5.74) is 0. The summed E-state index contributed by atoms with van der Waals surface area (Å²) in [6.07, 6.45) is 4.98. The van der Waals surface area contributed by atoms with E-state index in [2.05, 4.69) is 28.9 Å². The largest absolute Gasteiger partial charge is 0.306 e. The van der Waals surface area contributed by atoms with Gasteiger partial charge in [0, 0.05) is 12.2 Å². The van der Waals surface area contributed by atoms with Crippen molar-refractivity contribution in [3.8, 4) is 0 Å². The predicted molar refractivity (Wildman–Crippen MR) is 69.5 cm³/mol. The Kier molecular flexibility index (Phi) is 4.25. The van der Waals surface area contributed by atoms with Crippen molar-refractivity contribution in [2.75, 3.05) is 27.2 Å². The van der Waals surface area contributed by atoms with Crippen molar-refractivity contribution in [1.82, 2.24) is 14.8 Å². The fourth-order valence-corrected chi connectivity index (χ4v) is 3.03. The second-order valence-electron chi connectivity index (χ2n) is 4.72. The van der Waals surface area contributed by atoms with Gasteiger partial charge in [-0.05, 0) is 40.0 Å². The summed E-state index contributed by atoms with van der Waals surface area (Å²) in [5.74, 6) is 0. The summed E-state index contributed by atoms with van der Waals surface area (Å²) in [6.45, 7) is 3.20. The van der Waals surface area contributed by atoms with E-state index in [9.17, 15) is 4.79 Å². The average molecular weight is 253 g/mol. The monoisotopic (exact) mass is 253 g/mol. The van der Waals surface area contributed by atoms with E-state index in [1.54, 1.807) is 6.20 Å². The van der Waals surface area contributed by atoms with Crippen LogP contribution in [0.4, 0.5) is 0 Å². The second kappa shape index (κ2) is 5.71. The topological polar surface area (TPSA) is 36.4 Å². The number of hydrogen-bond donors (Lipinski definition) is 0. The Labute approximate surface area is 106 Å². The van der Waals surface area contributed by atoms with Crippen LogP contribution in [-0.2, 0) is 6.54 Å². The normalized spacial score (nSPS) is 18.8. The number of piperidine rings is 1. The van der Waals surface area contributed by atoms with Crippen molar-refractivity contribution < 1.29 is 4.79 Å². The minimum Gasteiger partial charge on any atom is -0.306 e. The van der Waals surface area contributed by atoms with E-state index in [0.717, 1.165) is 22.7 Å². The molecule has 94 valence electrons. The third kappa shape index (κ3) is 3.34. The number of rotatable bonds is 4. The van der Waals surface area contributed by atoms with Crippen molar-refractivity contribution in [3.63, 3.8) is 0 Å². The zero-order chi connectivity index (χ0) is 12.3. The molecule has 0 bridgehead atoms. The van der Waals surface area contributed by atoms with Gasteiger partial charge < -0.3 is 4.90 Å². The molecule has 0 N–H and O–H groups in total. The van der Waals surface area contributed by atoms with Crippen LogP contribution in [0.15, 0.2) is 6.20 Å². The van der Waals surface area contributed by atoms with E-state index in [1.165, 1.54) is 37.3 Å². The molecular weight excluding hydrogens is 234 g/mol. The van der Waals surface area contributed by atoms with Crippen LogP contribution in [0.3, 0.4) is 0 Å². The van der Waals surface area contributed by atoms with Crippen molar-refractivity contribution in [3.05, 3.63) is 16.1 Å². The Morgan fingerprint density at radius 3 is 2.88 bits per heavy atom. The zero-order valence-corrected chi connectivity index (χ0v) is 11.2. The second-order valence-corrected chi connectivity index (χ2v) is 5.87. The maximum atomic E-state index is 10.6. The van der Waals surface area contributed by atoms with Crippen molar-refractivity contribution >= 4 is 17.6 Å². The molecule has 1 aliphatic heterocycles. The molecule has 1 aliphatic rings. The molecule has 0 amide bonds. The minimum absolute atomic E-state index is 0.648. The Morgan fingerprint density at radius 2 is 2.29 bits per heavy atom. The first-order chi connectivity index (χ1) is 8.19. The highest BCUT2D eigenvalue weighted by atomic mass is 32.1. The summed E-state index contributed by atoms with van der Waals surface area (Å²) in [5, 5.41) is 1.04. The van der Waals surface area contributed by atoms with Crippen molar-refractivity contribution in [2.24, 2.45) is 0 Å². The van der Waals surface area contributed by atoms with E-state index in [1.807, 2.05) is 0 Å². The number of thiazole rings is 1. The van der Waals surface area contributed by atoms with Gasteiger partial charge in [-0.15, -0.1) is 11.3 Å². The number of hydrogen-bond acceptors (Lipinski definition) is 5. The first-order valence-corrected chi connectivity index (χ1v) is 6.79. The molecule has 1 aromatic rings. The lowest BCUT2D eigenvalue weighted by Gasteiger charge is -2.34. The van der Waals surface area contributed by atoms with Gasteiger partial charge in [0.05, 0.1) is 11.4 Å². The molecule has 0 unspecified atom stereocenters. The summed E-state index contributed by atoms with van der Waals surface area (Å²) in [7, 11) is 4.32. The molecule has 0 aliphatic carbocycles. The molecule has 2 heterocycles. The molecular formula is C12H19N3OS. The number of likely N-dealkylation sites (tertiary alicyclic amines) is 1. The van der Waals surface area contributed by atoms with Gasteiger partial charge in [0.2, 0.25) is 0 Å². The smallest absolute Gasteiger partial charge is 0.161 e. The molecule has 1 fully saturated rings. The lowest BCUT2D eigenvalue weighted by Crippen LogP contribution is -2.41. The van der Waals surface area contributed by atoms with Gasteiger partial charge >= 0.3 is 0 Å². The SMILES string of the molecule is CN1CCC(N(C)Cc2ncc(C=O)s2)CC1. The first kappa shape index (κ1) is 12.7. The van der Waals surface area contributed by atoms with Gasteiger partial charge in [-0.25, -0.2) is 4.98 Å². The van der Waals surface area contributed by atoms with E-state index < -0.39 is 0 Å². The van der Waals surface area contributed by atoms with Crippen LogP contribution in [0.2, 0.25) is 0 Å². The third-order valence-corrected chi connectivity index (χ3v) is 4.29. The number of carbonyl (C=O) groups excluding carboxylic acids is 1. The van der Waals surface area contributed by atoms with Crippen LogP contribution in [0, 0.1) is 0 Å². The van der Waals surface area contributed by atoms with Gasteiger partial charge in [0.1, 0.15) is 5.01 Å². The average Bonchev–Trinajstić information content (AvgIpc) is 2.77. The van der Waals surface area contributed by atoms with E-state index in [4.69, 9.17) is 0 Å². The number of nitrogens with zero attached hydrogens (tertiary/aromatic N) is 3. The van der Waals surface area contributed by atoms with Crippen molar-refractivity contribution in [2.45, 2.75) is 25.4 Å². The van der Waals surface area contributed by atoms with Crippen LogP contribution in [0.25, 0.3) is 0 Å². The quantitative estimate of drug-likeness (QED) is 0.762. The highest BCUT2D eigenvalue weighted by molar-refractivity contribution is 7.13. The molecule has 4 nitrogen and oxygen atoms in total. The van der Waals surface area contributed by atoms with Crippen LogP contribution in [0.5, 0.6) is 0 Å². The van der Waals surface area contributed by atoms with Gasteiger partial charge in [0.25, 0.3) is 0 Å². The van der Waals surface area contributed by atoms with E-state index >= 15 is 0 Å². The fourth-order valence-electron chi connectivity index (χ4n) is 2.23.